The van der Waals surface area contributed by atoms with Crippen LogP contribution in [0, 0.1) is 11.6 Å². The lowest BCUT2D eigenvalue weighted by molar-refractivity contribution is -0.121. The van der Waals surface area contributed by atoms with E-state index in [1.807, 2.05) is 18.2 Å². The van der Waals surface area contributed by atoms with Crippen molar-refractivity contribution in [2.45, 2.75) is 13.1 Å². The maximum absolute atomic E-state index is 13.7. The monoisotopic (exact) mass is 386 g/mol. The minimum atomic E-state index is -0.677. The molecule has 1 amide bonds. The highest BCUT2D eigenvalue weighted by molar-refractivity contribution is 5.82. The molecule has 0 radical (unpaired) electrons. The number of pyridine rings is 1. The zero-order valence-corrected chi connectivity index (χ0v) is 15.2. The van der Waals surface area contributed by atoms with Crippen LogP contribution in [0.4, 0.5) is 14.6 Å². The molecule has 0 bridgehead atoms. The Bertz CT molecular complexity index is 999. The number of nitrogens with zero attached hydrogens (tertiary/aromatic N) is 3. The van der Waals surface area contributed by atoms with Gasteiger partial charge in [-0.2, -0.15) is 0 Å². The molecule has 1 aliphatic rings. The highest BCUT2D eigenvalue weighted by Gasteiger charge is 2.15. The first kappa shape index (κ1) is 18.4. The van der Waals surface area contributed by atoms with Crippen LogP contribution in [0.2, 0.25) is 0 Å². The molecule has 2 aromatic heterocycles. The molecule has 1 N–H and O–H groups in total. The average Bonchev–Trinajstić information content (AvgIpc) is 3.10. The fourth-order valence-corrected chi connectivity index (χ4v) is 3.22. The molecule has 0 atom stereocenters. The van der Waals surface area contributed by atoms with Gasteiger partial charge in [0, 0.05) is 42.8 Å². The molecule has 28 heavy (non-hydrogen) atoms. The van der Waals surface area contributed by atoms with Crippen molar-refractivity contribution >= 4 is 22.8 Å². The van der Waals surface area contributed by atoms with Gasteiger partial charge in [-0.1, -0.05) is 6.07 Å². The number of amides is 1. The molecule has 1 fully saturated rings. The number of benzene rings is 1. The van der Waals surface area contributed by atoms with E-state index in [0.29, 0.717) is 18.9 Å². The number of hydrogen-bond donors (Lipinski definition) is 1. The zero-order chi connectivity index (χ0) is 19.5. The van der Waals surface area contributed by atoms with E-state index in [0.717, 1.165) is 30.4 Å². The number of rotatable bonds is 5. The van der Waals surface area contributed by atoms with Crippen molar-refractivity contribution in [2.75, 3.05) is 31.2 Å². The summed E-state index contributed by atoms with van der Waals surface area (Å²) in [4.78, 5) is 19.2. The minimum Gasteiger partial charge on any atom is -0.378 e. The fourth-order valence-electron chi connectivity index (χ4n) is 3.22. The number of nitrogens with one attached hydrogen (secondary N) is 1. The summed E-state index contributed by atoms with van der Waals surface area (Å²) >= 11 is 0. The second-order valence-electron chi connectivity index (χ2n) is 6.64. The Hall–Kier alpha value is -3.00. The Morgan fingerprint density at radius 1 is 1.14 bits per heavy atom. The van der Waals surface area contributed by atoms with E-state index in [1.54, 1.807) is 10.8 Å². The summed E-state index contributed by atoms with van der Waals surface area (Å²) in [5, 5.41) is 3.60. The number of morpholine rings is 1. The van der Waals surface area contributed by atoms with E-state index in [9.17, 15) is 13.6 Å². The van der Waals surface area contributed by atoms with Gasteiger partial charge in [0.05, 0.1) is 13.2 Å². The van der Waals surface area contributed by atoms with Crippen molar-refractivity contribution < 1.29 is 18.3 Å². The topological polar surface area (TPSA) is 59.4 Å². The molecule has 8 heteroatoms. The Balaban J connectivity index is 1.45. The highest BCUT2D eigenvalue weighted by atomic mass is 19.1. The summed E-state index contributed by atoms with van der Waals surface area (Å²) in [6, 6.07) is 9.15. The summed E-state index contributed by atoms with van der Waals surface area (Å²) in [5.41, 5.74) is 0.951. The van der Waals surface area contributed by atoms with Gasteiger partial charge < -0.3 is 19.5 Å². The molecule has 3 aromatic rings. The van der Waals surface area contributed by atoms with Crippen LogP contribution in [0.15, 0.2) is 42.6 Å². The normalized spacial score (nSPS) is 14.4. The van der Waals surface area contributed by atoms with Gasteiger partial charge in [-0.05, 0) is 24.3 Å². The lowest BCUT2D eigenvalue weighted by Crippen LogP contribution is -2.36. The Morgan fingerprint density at radius 3 is 2.75 bits per heavy atom. The third kappa shape index (κ3) is 3.96. The van der Waals surface area contributed by atoms with E-state index >= 15 is 0 Å². The quantitative estimate of drug-likeness (QED) is 0.732. The van der Waals surface area contributed by atoms with Crippen LogP contribution < -0.4 is 10.2 Å². The predicted molar refractivity (Wildman–Crippen MR) is 101 cm³/mol. The number of carbonyl (C=O) groups is 1. The van der Waals surface area contributed by atoms with Gasteiger partial charge in [0.2, 0.25) is 5.91 Å². The van der Waals surface area contributed by atoms with Crippen LogP contribution in [-0.4, -0.2) is 41.8 Å². The van der Waals surface area contributed by atoms with Gasteiger partial charge in [0.1, 0.15) is 29.6 Å². The number of fused-ring (bicyclic) bond motifs is 1. The molecular formula is C20H20F2N4O2. The third-order valence-electron chi connectivity index (χ3n) is 4.74. The standard InChI is InChI=1S/C20H20F2N4O2/c21-16-3-1-15(17(22)11-16)12-23-19(27)13-26-6-5-14-2-4-18(24-20(14)26)25-7-9-28-10-8-25/h1-6,11H,7-10,12-13H2,(H,23,27). The summed E-state index contributed by atoms with van der Waals surface area (Å²) in [6.07, 6.45) is 1.80. The maximum atomic E-state index is 13.7. The van der Waals surface area contributed by atoms with Crippen molar-refractivity contribution in [1.29, 1.82) is 0 Å². The summed E-state index contributed by atoms with van der Waals surface area (Å²) in [5.74, 6) is -0.749. The first-order valence-corrected chi connectivity index (χ1v) is 9.09. The smallest absolute Gasteiger partial charge is 0.240 e. The molecule has 0 saturated carbocycles. The largest absolute Gasteiger partial charge is 0.378 e. The highest BCUT2D eigenvalue weighted by Crippen LogP contribution is 2.20. The van der Waals surface area contributed by atoms with Crippen LogP contribution in [0.25, 0.3) is 11.0 Å². The third-order valence-corrected chi connectivity index (χ3v) is 4.74. The first-order valence-electron chi connectivity index (χ1n) is 9.09. The molecule has 4 rings (SSSR count). The Labute approximate surface area is 160 Å². The Morgan fingerprint density at radius 2 is 1.96 bits per heavy atom. The molecule has 0 aliphatic carbocycles. The summed E-state index contributed by atoms with van der Waals surface area (Å²) < 4.78 is 33.8. The molecule has 6 nitrogen and oxygen atoms in total. The van der Waals surface area contributed by atoms with Crippen LogP contribution in [0.3, 0.4) is 0 Å². The first-order chi connectivity index (χ1) is 13.6. The zero-order valence-electron chi connectivity index (χ0n) is 15.2. The van der Waals surface area contributed by atoms with E-state index in [1.165, 1.54) is 12.1 Å². The molecule has 0 spiro atoms. The van der Waals surface area contributed by atoms with Crippen molar-refractivity contribution in [2.24, 2.45) is 0 Å². The minimum absolute atomic E-state index is 0.00337. The van der Waals surface area contributed by atoms with Crippen molar-refractivity contribution in [3.63, 3.8) is 0 Å². The molecule has 146 valence electrons. The SMILES string of the molecule is O=C(Cn1ccc2ccc(N3CCOCC3)nc21)NCc1ccc(F)cc1F. The van der Waals surface area contributed by atoms with E-state index in [2.05, 4.69) is 10.2 Å². The van der Waals surface area contributed by atoms with Crippen LogP contribution in [0.1, 0.15) is 5.56 Å². The number of hydrogen-bond acceptors (Lipinski definition) is 4. The van der Waals surface area contributed by atoms with Gasteiger partial charge in [0.25, 0.3) is 0 Å². The molecule has 0 unspecified atom stereocenters. The van der Waals surface area contributed by atoms with Crippen LogP contribution >= 0.6 is 0 Å². The number of ether oxygens (including phenoxy) is 1. The van der Waals surface area contributed by atoms with E-state index in [-0.39, 0.29) is 24.6 Å². The number of aromatic nitrogens is 2. The van der Waals surface area contributed by atoms with Gasteiger partial charge in [0.15, 0.2) is 0 Å². The van der Waals surface area contributed by atoms with E-state index < -0.39 is 11.6 Å². The second-order valence-corrected chi connectivity index (χ2v) is 6.64. The van der Waals surface area contributed by atoms with Gasteiger partial charge >= 0.3 is 0 Å². The fraction of sp³-hybridized carbons (Fsp3) is 0.300. The van der Waals surface area contributed by atoms with Crippen LogP contribution in [-0.2, 0) is 22.6 Å². The van der Waals surface area contributed by atoms with Gasteiger partial charge in [-0.25, -0.2) is 13.8 Å². The van der Waals surface area contributed by atoms with Crippen molar-refractivity contribution in [3.05, 3.63) is 59.8 Å². The number of halogens is 2. The molecule has 1 aromatic carbocycles. The molecule has 1 saturated heterocycles. The van der Waals surface area contributed by atoms with Crippen molar-refractivity contribution in [1.82, 2.24) is 14.9 Å². The number of anilines is 1. The maximum Gasteiger partial charge on any atom is 0.240 e. The predicted octanol–water partition coefficient (Wildman–Crippen LogP) is 2.47. The Kier molecular flexibility index (Phi) is 5.21. The van der Waals surface area contributed by atoms with Crippen LogP contribution in [0.5, 0.6) is 0 Å². The average molecular weight is 386 g/mol. The van der Waals surface area contributed by atoms with Crippen molar-refractivity contribution in [3.8, 4) is 0 Å². The number of carbonyl (C=O) groups excluding carboxylic acids is 1. The lowest BCUT2D eigenvalue weighted by atomic mass is 10.2. The lowest BCUT2D eigenvalue weighted by Gasteiger charge is -2.27. The second kappa shape index (κ2) is 7.93. The summed E-state index contributed by atoms with van der Waals surface area (Å²) in [7, 11) is 0. The molecule has 1 aliphatic heterocycles. The summed E-state index contributed by atoms with van der Waals surface area (Å²) in [6.45, 7) is 2.96. The van der Waals surface area contributed by atoms with Gasteiger partial charge in [-0.3, -0.25) is 4.79 Å². The van der Waals surface area contributed by atoms with E-state index in [4.69, 9.17) is 9.72 Å². The van der Waals surface area contributed by atoms with Gasteiger partial charge in [-0.15, -0.1) is 0 Å². The molecule has 3 heterocycles. The molecular weight excluding hydrogens is 366 g/mol.